The van der Waals surface area contributed by atoms with Crippen molar-refractivity contribution in [1.29, 1.82) is 0 Å². The Bertz CT molecular complexity index is 1180. The van der Waals surface area contributed by atoms with E-state index in [9.17, 15) is 29.1 Å². The number of β-lactam (4-membered cyclic amide) rings is 1. The van der Waals surface area contributed by atoms with Gasteiger partial charge in [-0.05, 0) is 39.2 Å². The van der Waals surface area contributed by atoms with Crippen LogP contribution in [0.1, 0.15) is 26.5 Å². The summed E-state index contributed by atoms with van der Waals surface area (Å²) in [6, 6.07) is 3.38. The summed E-state index contributed by atoms with van der Waals surface area (Å²) >= 11 is 2.56. The molecule has 0 aliphatic carbocycles. The molecule has 3 rings (SSSR count). The maximum Gasteiger partial charge on any atom is 0.353 e. The van der Waals surface area contributed by atoms with Crippen molar-refractivity contribution in [2.75, 3.05) is 23.9 Å². The molecule has 2 aliphatic rings. The Morgan fingerprint density at radius 2 is 2.08 bits per heavy atom. The third kappa shape index (κ3) is 6.60. The maximum absolute atomic E-state index is 13.2. The van der Waals surface area contributed by atoms with Crippen LogP contribution in [0, 0.1) is 0 Å². The van der Waals surface area contributed by atoms with Gasteiger partial charge in [0.1, 0.15) is 34.2 Å². The first-order valence-electron chi connectivity index (χ1n) is 10.8. The Balaban J connectivity index is 1.82. The van der Waals surface area contributed by atoms with Gasteiger partial charge in [-0.15, -0.1) is 23.5 Å². The average Bonchev–Trinajstić information content (AvgIpc) is 2.83. The van der Waals surface area contributed by atoms with Crippen molar-refractivity contribution in [2.45, 2.75) is 37.8 Å². The lowest BCUT2D eigenvalue weighted by atomic mass is 10.0. The summed E-state index contributed by atoms with van der Waals surface area (Å²) in [5.41, 5.74) is -1.24. The Hall–Kier alpha value is -3.59. The van der Waals surface area contributed by atoms with E-state index in [2.05, 4.69) is 20.8 Å². The average molecular weight is 552 g/mol. The molecule has 0 spiro atoms. The van der Waals surface area contributed by atoms with E-state index >= 15 is 0 Å². The van der Waals surface area contributed by atoms with E-state index in [-0.39, 0.29) is 22.9 Å². The van der Waals surface area contributed by atoms with Crippen molar-refractivity contribution < 1.29 is 38.7 Å². The number of carboxylic acid groups (broad SMARTS) is 1. The number of anilines is 1. The van der Waals surface area contributed by atoms with E-state index in [0.717, 1.165) is 4.90 Å². The molecule has 0 radical (unpaired) electrons. The highest BCUT2D eigenvalue weighted by atomic mass is 32.2. The number of carbonyl (C=O) groups is 5. The molecule has 1 aromatic rings. The summed E-state index contributed by atoms with van der Waals surface area (Å²) in [5, 5.41) is 17.6. The summed E-state index contributed by atoms with van der Waals surface area (Å²) in [6.07, 6.45) is 2.13. The second-order valence-corrected chi connectivity index (χ2v) is 10.6. The van der Waals surface area contributed by atoms with Gasteiger partial charge in [0.2, 0.25) is 13.0 Å². The zero-order valence-electron chi connectivity index (χ0n) is 20.3. The Kier molecular flexibility index (Phi) is 8.81. The van der Waals surface area contributed by atoms with Crippen LogP contribution in [0.4, 0.5) is 5.82 Å². The number of oxime groups is 1. The molecule has 13 nitrogen and oxygen atoms in total. The van der Waals surface area contributed by atoms with E-state index in [1.54, 1.807) is 27.0 Å². The van der Waals surface area contributed by atoms with Crippen LogP contribution >= 0.6 is 23.5 Å². The zero-order valence-corrected chi connectivity index (χ0v) is 22.0. The first kappa shape index (κ1) is 28.0. The summed E-state index contributed by atoms with van der Waals surface area (Å²) < 4.78 is 5.14. The molecular weight excluding hydrogens is 526 g/mol. The highest BCUT2D eigenvalue weighted by molar-refractivity contribution is 8.05. The molecule has 0 aromatic carbocycles. The fourth-order valence-electron chi connectivity index (χ4n) is 3.39. The quantitative estimate of drug-likeness (QED) is 0.123. The molecule has 198 valence electrons. The fourth-order valence-corrected chi connectivity index (χ4v) is 5.64. The van der Waals surface area contributed by atoms with Gasteiger partial charge in [-0.1, -0.05) is 11.2 Å². The maximum atomic E-state index is 13.2. The third-order valence-electron chi connectivity index (χ3n) is 4.84. The van der Waals surface area contributed by atoms with Gasteiger partial charge in [-0.3, -0.25) is 19.3 Å². The molecule has 2 atom stereocenters. The van der Waals surface area contributed by atoms with E-state index < -0.39 is 47.4 Å². The van der Waals surface area contributed by atoms with Crippen LogP contribution in [0.15, 0.2) is 34.0 Å². The molecule has 1 fully saturated rings. The number of esters is 1. The Labute approximate surface area is 220 Å². The summed E-state index contributed by atoms with van der Waals surface area (Å²) in [6.45, 7) is 4.44. The molecule has 2 aliphatic heterocycles. The van der Waals surface area contributed by atoms with Gasteiger partial charge in [-0.25, -0.2) is 14.6 Å². The van der Waals surface area contributed by atoms with Gasteiger partial charge in [0, 0.05) is 10.7 Å². The van der Waals surface area contributed by atoms with Crippen LogP contribution in [0.3, 0.4) is 0 Å². The highest BCUT2D eigenvalue weighted by Gasteiger charge is 2.54. The van der Waals surface area contributed by atoms with Gasteiger partial charge in [-0.2, -0.15) is 0 Å². The molecule has 15 heteroatoms. The number of ether oxygens (including phenoxy) is 1. The summed E-state index contributed by atoms with van der Waals surface area (Å²) in [7, 11) is 0. The predicted molar refractivity (Wildman–Crippen MR) is 135 cm³/mol. The standard InChI is InChI=1S/C22H25N5O8S2/c1-22(2,3)35-14(29)8-34-26-15(11-6-5-7-13(24-11)23-10-28)18(30)25-16-19(31)27-17(21(32)33)12(36-4)9-37-20(16)27/h5-7,10,16,20H,8-9H2,1-4H3,(H,25,30)(H,32,33)(H,23,24,28)/t16?,20-/m0/s1. The third-order valence-corrected chi connectivity index (χ3v) is 7.13. The SMILES string of the molecule is CSC1=C(C(=O)O)N2C(=O)C(NC(=O)C(=NOCC(=O)OC(C)(C)C)c3cccc(NC=O)n3)[C@@H]2SC1. The number of carboxylic acids is 1. The molecule has 0 bridgehead atoms. The minimum Gasteiger partial charge on any atom is -0.477 e. The van der Waals surface area contributed by atoms with Crippen molar-refractivity contribution in [2.24, 2.45) is 5.16 Å². The van der Waals surface area contributed by atoms with Crippen molar-refractivity contribution >= 4 is 65.2 Å². The van der Waals surface area contributed by atoms with Crippen molar-refractivity contribution in [1.82, 2.24) is 15.2 Å². The topological polar surface area (TPSA) is 177 Å². The number of thioether (sulfide) groups is 2. The Morgan fingerprint density at radius 3 is 2.70 bits per heavy atom. The van der Waals surface area contributed by atoms with Gasteiger partial charge < -0.3 is 25.3 Å². The number of aromatic nitrogens is 1. The lowest BCUT2D eigenvalue weighted by molar-refractivity contribution is -0.160. The number of pyridine rings is 1. The van der Waals surface area contributed by atoms with Crippen molar-refractivity contribution in [3.8, 4) is 0 Å². The fraction of sp³-hybridized carbons (Fsp3) is 0.409. The number of amides is 3. The number of hydrogen-bond donors (Lipinski definition) is 3. The van der Waals surface area contributed by atoms with Gasteiger partial charge in [0.15, 0.2) is 5.71 Å². The second-order valence-electron chi connectivity index (χ2n) is 8.61. The van der Waals surface area contributed by atoms with Crippen LogP contribution < -0.4 is 10.6 Å². The number of rotatable bonds is 10. The first-order chi connectivity index (χ1) is 17.5. The molecule has 3 N–H and O–H groups in total. The zero-order chi connectivity index (χ0) is 27.3. The number of nitrogens with one attached hydrogen (secondary N) is 2. The molecule has 0 saturated carbocycles. The molecule has 3 amide bonds. The molecular formula is C22H25N5O8S2. The van der Waals surface area contributed by atoms with Crippen molar-refractivity contribution in [3.63, 3.8) is 0 Å². The minimum absolute atomic E-state index is 0.00995. The van der Waals surface area contributed by atoms with Gasteiger partial charge in [0.25, 0.3) is 11.8 Å². The summed E-state index contributed by atoms with van der Waals surface area (Å²) in [5.74, 6) is -2.90. The van der Waals surface area contributed by atoms with Crippen LogP contribution in [-0.2, 0) is 33.5 Å². The van der Waals surface area contributed by atoms with E-state index in [0.29, 0.717) is 17.1 Å². The number of fused-ring (bicyclic) bond motifs is 1. The number of aliphatic carboxylic acids is 1. The smallest absolute Gasteiger partial charge is 0.353 e. The number of nitrogens with zero attached hydrogens (tertiary/aromatic N) is 3. The Morgan fingerprint density at radius 1 is 1.35 bits per heavy atom. The predicted octanol–water partition coefficient (Wildman–Crippen LogP) is 0.771. The van der Waals surface area contributed by atoms with Crippen molar-refractivity contribution in [3.05, 3.63) is 34.5 Å². The van der Waals surface area contributed by atoms with Crippen LogP contribution in [0.5, 0.6) is 0 Å². The molecule has 1 aromatic heterocycles. The lowest BCUT2D eigenvalue weighted by Crippen LogP contribution is -2.71. The van der Waals surface area contributed by atoms with Gasteiger partial charge >= 0.3 is 11.9 Å². The van der Waals surface area contributed by atoms with E-state index in [4.69, 9.17) is 9.57 Å². The monoisotopic (exact) mass is 551 g/mol. The molecule has 1 saturated heterocycles. The van der Waals surface area contributed by atoms with E-state index in [1.807, 2.05) is 0 Å². The number of hydrogen-bond acceptors (Lipinski definition) is 11. The van der Waals surface area contributed by atoms with Crippen LogP contribution in [0.2, 0.25) is 0 Å². The van der Waals surface area contributed by atoms with Crippen LogP contribution in [0.25, 0.3) is 0 Å². The second kappa shape index (κ2) is 11.6. The first-order valence-corrected chi connectivity index (χ1v) is 13.1. The number of carbonyl (C=O) groups excluding carboxylic acids is 4. The summed E-state index contributed by atoms with van der Waals surface area (Å²) in [4.78, 5) is 71.4. The largest absolute Gasteiger partial charge is 0.477 e. The molecule has 1 unspecified atom stereocenters. The molecule has 3 heterocycles. The highest BCUT2D eigenvalue weighted by Crippen LogP contribution is 2.42. The normalized spacial score (nSPS) is 19.4. The lowest BCUT2D eigenvalue weighted by Gasteiger charge is -2.49. The van der Waals surface area contributed by atoms with Crippen LogP contribution in [-0.4, -0.2) is 86.5 Å². The van der Waals surface area contributed by atoms with E-state index in [1.165, 1.54) is 41.7 Å². The molecule has 37 heavy (non-hydrogen) atoms. The minimum atomic E-state index is -1.23. The van der Waals surface area contributed by atoms with Gasteiger partial charge in [0.05, 0.1) is 0 Å².